The third-order valence-corrected chi connectivity index (χ3v) is 5.93. The summed E-state index contributed by atoms with van der Waals surface area (Å²) in [4.78, 5) is 10.4. The first-order valence-electron chi connectivity index (χ1n) is 9.21. The van der Waals surface area contributed by atoms with Crippen LogP contribution in [0.4, 0.5) is 0 Å². The molecule has 0 radical (unpaired) electrons. The number of carbonyl (C=O) groups is 1. The molecule has 0 aromatic rings. The van der Waals surface area contributed by atoms with Gasteiger partial charge < -0.3 is 0 Å². The van der Waals surface area contributed by atoms with Crippen LogP contribution in [-0.2, 0) is 23.1 Å². The Kier molecular flexibility index (Phi) is 16.5. The number of aliphatic carboxylic acids is 1. The molecule has 0 aromatic carbocycles. The third-order valence-electron chi connectivity index (χ3n) is 4.22. The molecule has 0 aliphatic rings. The fraction of sp³-hybridized carbons (Fsp3) is 0.944. The van der Waals surface area contributed by atoms with Gasteiger partial charge in [0.15, 0.2) is 0 Å². The van der Waals surface area contributed by atoms with Crippen LogP contribution in [0, 0.1) is 0 Å². The minimum absolute atomic E-state index is 0.352. The Morgan fingerprint density at radius 2 is 1.24 bits per heavy atom. The third kappa shape index (κ3) is 18.0. The summed E-state index contributed by atoms with van der Waals surface area (Å²) >= 11 is 1.38. The summed E-state index contributed by atoms with van der Waals surface area (Å²) < 4.78 is 0.896. The van der Waals surface area contributed by atoms with E-state index in [-0.39, 0.29) is 0 Å². The van der Waals surface area contributed by atoms with Crippen LogP contribution in [0.25, 0.3) is 0 Å². The zero-order chi connectivity index (χ0) is 15.8. The Morgan fingerprint density at radius 3 is 1.71 bits per heavy atom. The standard InChI is InChI=1S/C18H35O2.Zn/c1-2-3-4-5-6-7-8-9-10-11-12-13-14-15-16-17-18(19)20;/h13H,2-12,14-17H2,1H3,(H,19,20);. The molecule has 0 fully saturated rings. The van der Waals surface area contributed by atoms with Gasteiger partial charge in [0.05, 0.1) is 0 Å². The Hall–Kier alpha value is 0.0934. The molecule has 3 heteroatoms. The molecule has 2 nitrogen and oxygen atoms in total. The molecule has 0 rings (SSSR count). The number of carboxylic acid groups (broad SMARTS) is 1. The first kappa shape index (κ1) is 21.1. The van der Waals surface area contributed by atoms with Crippen LogP contribution in [0.5, 0.6) is 0 Å². The van der Waals surface area contributed by atoms with Crippen molar-refractivity contribution in [1.82, 2.24) is 0 Å². The van der Waals surface area contributed by atoms with Crippen LogP contribution < -0.4 is 0 Å². The molecule has 1 unspecified atom stereocenters. The van der Waals surface area contributed by atoms with Crippen molar-refractivity contribution in [3.05, 3.63) is 0 Å². The van der Waals surface area contributed by atoms with E-state index in [1.54, 1.807) is 0 Å². The van der Waals surface area contributed by atoms with Gasteiger partial charge in [-0.2, -0.15) is 0 Å². The molecular formula is C18H35O2Zn. The van der Waals surface area contributed by atoms with E-state index in [2.05, 4.69) is 6.92 Å². The summed E-state index contributed by atoms with van der Waals surface area (Å²) in [5.41, 5.74) is 0. The minimum atomic E-state index is -0.645. The first-order valence-corrected chi connectivity index (χ1v) is 10.9. The molecule has 0 aliphatic heterocycles. The number of carboxylic acids is 1. The van der Waals surface area contributed by atoms with Crippen molar-refractivity contribution in [2.75, 3.05) is 0 Å². The second kappa shape index (κ2) is 16.5. The number of unbranched alkanes of at least 4 members (excludes halogenated alkanes) is 10. The van der Waals surface area contributed by atoms with E-state index < -0.39 is 5.97 Å². The zero-order valence-electron chi connectivity index (χ0n) is 14.2. The maximum absolute atomic E-state index is 10.4. The van der Waals surface area contributed by atoms with Crippen molar-refractivity contribution >= 4 is 5.97 Å². The van der Waals surface area contributed by atoms with E-state index in [0.29, 0.717) is 6.42 Å². The van der Waals surface area contributed by atoms with Crippen molar-refractivity contribution in [2.24, 2.45) is 0 Å². The monoisotopic (exact) mass is 347 g/mol. The van der Waals surface area contributed by atoms with Crippen molar-refractivity contribution in [3.63, 3.8) is 0 Å². The predicted octanol–water partition coefficient (Wildman–Crippen LogP) is 6.28. The van der Waals surface area contributed by atoms with Gasteiger partial charge in [0.2, 0.25) is 0 Å². The summed E-state index contributed by atoms with van der Waals surface area (Å²) in [7, 11) is 0. The Morgan fingerprint density at radius 1 is 0.810 bits per heavy atom. The Bertz CT molecular complexity index is 231. The summed E-state index contributed by atoms with van der Waals surface area (Å²) in [5.74, 6) is -0.645. The summed E-state index contributed by atoms with van der Waals surface area (Å²) in [6.07, 6.45) is 19.1. The van der Waals surface area contributed by atoms with Gasteiger partial charge in [0.1, 0.15) is 0 Å². The molecule has 0 bridgehead atoms. The van der Waals surface area contributed by atoms with E-state index in [1.165, 1.54) is 95.4 Å². The molecule has 0 aromatic heterocycles. The van der Waals surface area contributed by atoms with E-state index in [9.17, 15) is 4.79 Å². The molecule has 1 atom stereocenters. The number of hydrogen-bond donors (Lipinski definition) is 1. The number of rotatable bonds is 16. The van der Waals surface area contributed by atoms with Gasteiger partial charge in [0.25, 0.3) is 0 Å². The normalized spacial score (nSPS) is 12.5. The van der Waals surface area contributed by atoms with Crippen LogP contribution in [0.3, 0.4) is 0 Å². The molecule has 0 saturated carbocycles. The van der Waals surface area contributed by atoms with Gasteiger partial charge in [-0.05, 0) is 0 Å². The van der Waals surface area contributed by atoms with Gasteiger partial charge in [-0.25, -0.2) is 0 Å². The van der Waals surface area contributed by atoms with Crippen LogP contribution in [0.15, 0.2) is 0 Å². The van der Waals surface area contributed by atoms with Gasteiger partial charge in [-0.3, -0.25) is 0 Å². The Balaban J connectivity index is 3.14. The second-order valence-electron chi connectivity index (χ2n) is 6.48. The van der Waals surface area contributed by atoms with E-state index in [0.717, 1.165) is 17.4 Å². The van der Waals surface area contributed by atoms with Crippen LogP contribution >= 0.6 is 0 Å². The molecule has 0 amide bonds. The average Bonchev–Trinajstić information content (AvgIpc) is 2.45. The van der Waals surface area contributed by atoms with Crippen molar-refractivity contribution < 1.29 is 28.2 Å². The summed E-state index contributed by atoms with van der Waals surface area (Å²) in [5, 5.41) is 8.59. The van der Waals surface area contributed by atoms with Crippen molar-refractivity contribution in [3.8, 4) is 0 Å². The molecule has 0 aliphatic carbocycles. The molecule has 121 valence electrons. The molecule has 0 spiro atoms. The van der Waals surface area contributed by atoms with Gasteiger partial charge >= 0.3 is 135 Å². The first-order chi connectivity index (χ1) is 10.2. The summed E-state index contributed by atoms with van der Waals surface area (Å²) in [6.45, 7) is 2.27. The van der Waals surface area contributed by atoms with Gasteiger partial charge in [-0.15, -0.1) is 0 Å². The molecule has 0 saturated heterocycles. The van der Waals surface area contributed by atoms with Crippen LogP contribution in [0.2, 0.25) is 4.51 Å². The predicted molar refractivity (Wildman–Crippen MR) is 86.3 cm³/mol. The van der Waals surface area contributed by atoms with E-state index in [4.69, 9.17) is 5.11 Å². The average molecular weight is 349 g/mol. The molecule has 21 heavy (non-hydrogen) atoms. The maximum atomic E-state index is 10.4. The number of hydrogen-bond acceptors (Lipinski definition) is 1. The topological polar surface area (TPSA) is 37.3 Å². The van der Waals surface area contributed by atoms with Crippen molar-refractivity contribution in [2.45, 2.75) is 108 Å². The van der Waals surface area contributed by atoms with Crippen molar-refractivity contribution in [1.29, 1.82) is 0 Å². The Labute approximate surface area is 142 Å². The fourth-order valence-electron chi connectivity index (χ4n) is 2.77. The molecule has 1 N–H and O–H groups in total. The molecular weight excluding hydrogens is 314 g/mol. The second-order valence-corrected chi connectivity index (χ2v) is 8.90. The molecule has 0 heterocycles. The summed E-state index contributed by atoms with van der Waals surface area (Å²) in [6, 6.07) is 0. The van der Waals surface area contributed by atoms with Crippen LogP contribution in [-0.4, -0.2) is 11.1 Å². The SMILES string of the molecule is CCCCCCCCCCCC[CH]([Zn])CCCCC(=O)O. The van der Waals surface area contributed by atoms with Gasteiger partial charge in [0, 0.05) is 0 Å². The quantitative estimate of drug-likeness (QED) is 0.263. The zero-order valence-corrected chi connectivity index (χ0v) is 17.2. The van der Waals surface area contributed by atoms with E-state index >= 15 is 0 Å². The van der Waals surface area contributed by atoms with Crippen LogP contribution in [0.1, 0.15) is 103 Å². The fourth-order valence-corrected chi connectivity index (χ4v) is 3.99. The van der Waals surface area contributed by atoms with E-state index in [1.807, 2.05) is 0 Å². The van der Waals surface area contributed by atoms with Gasteiger partial charge in [-0.1, -0.05) is 6.92 Å².